The van der Waals surface area contributed by atoms with E-state index in [0.29, 0.717) is 0 Å². The van der Waals surface area contributed by atoms with E-state index >= 15 is 0 Å². The minimum Gasteiger partial charge on any atom is -0.432 e. The molecule has 8 heteroatoms. The molecule has 0 saturated heterocycles. The van der Waals surface area contributed by atoms with Crippen LogP contribution in [0.2, 0.25) is 0 Å². The summed E-state index contributed by atoms with van der Waals surface area (Å²) in [4.78, 5) is 20.5. The molecule has 0 fully saturated rings. The topological polar surface area (TPSA) is 91.3 Å². The van der Waals surface area contributed by atoms with Gasteiger partial charge in [-0.2, -0.15) is 0 Å². The molecule has 17 heavy (non-hydrogen) atoms. The zero-order chi connectivity index (χ0) is 13.7. The Morgan fingerprint density at radius 2 is 1.94 bits per heavy atom. The second-order valence-electron chi connectivity index (χ2n) is 4.07. The molecule has 0 spiro atoms. The van der Waals surface area contributed by atoms with Crippen LogP contribution >= 0.6 is 7.60 Å². The second-order valence-corrected chi connectivity index (χ2v) is 5.78. The predicted molar refractivity (Wildman–Crippen MR) is 59.6 cm³/mol. The van der Waals surface area contributed by atoms with Crippen molar-refractivity contribution in [1.29, 1.82) is 0 Å². The van der Waals surface area contributed by atoms with E-state index in [9.17, 15) is 14.3 Å². The van der Waals surface area contributed by atoms with Crippen LogP contribution < -0.4 is 0 Å². The third-order valence-corrected chi connectivity index (χ3v) is 2.63. The average molecular weight is 270 g/mol. The van der Waals surface area contributed by atoms with Crippen molar-refractivity contribution in [3.05, 3.63) is 0 Å². The molecule has 7 nitrogen and oxygen atoms in total. The van der Waals surface area contributed by atoms with E-state index in [0.717, 1.165) is 0 Å². The Kier molecular flexibility index (Phi) is 6.12. The summed E-state index contributed by atoms with van der Waals surface area (Å²) in [5.74, 6) is -1.57. The number of hydrogen-bond acceptors (Lipinski definition) is 6. The third-order valence-electron chi connectivity index (χ3n) is 1.32. The zero-order valence-corrected chi connectivity index (χ0v) is 11.5. The predicted octanol–water partition coefficient (Wildman–Crippen LogP) is 2.09. The molecule has 0 amide bonds. The van der Waals surface area contributed by atoms with E-state index in [4.69, 9.17) is 14.0 Å². The highest BCUT2D eigenvalue weighted by molar-refractivity contribution is 7.52. The Morgan fingerprint density at radius 1 is 1.41 bits per heavy atom. The molecule has 1 unspecified atom stereocenters. The fraction of sp³-hybridized carbons (Fsp3) is 0.889. The van der Waals surface area contributed by atoms with Crippen LogP contribution in [0, 0.1) is 0 Å². The van der Waals surface area contributed by atoms with Gasteiger partial charge in [0, 0.05) is 21.0 Å². The molecule has 1 N–H and O–H groups in total. The molecular formula is C9H19O7P. The van der Waals surface area contributed by atoms with E-state index in [1.54, 1.807) is 13.8 Å². The maximum Gasteiger partial charge on any atom is 0.511 e. The molecule has 0 aromatic heterocycles. The summed E-state index contributed by atoms with van der Waals surface area (Å²) in [6, 6.07) is 0. The van der Waals surface area contributed by atoms with Gasteiger partial charge in [-0.1, -0.05) is 0 Å². The maximum atomic E-state index is 11.4. The van der Waals surface area contributed by atoms with E-state index < -0.39 is 25.9 Å². The van der Waals surface area contributed by atoms with Crippen molar-refractivity contribution < 1.29 is 33.0 Å². The lowest BCUT2D eigenvalue weighted by molar-refractivity contribution is -0.139. The van der Waals surface area contributed by atoms with Gasteiger partial charge in [0.05, 0.1) is 6.10 Å². The van der Waals surface area contributed by atoms with E-state index in [1.165, 1.54) is 21.0 Å². The van der Waals surface area contributed by atoms with E-state index in [1.807, 2.05) is 0 Å². The van der Waals surface area contributed by atoms with E-state index in [2.05, 4.69) is 4.74 Å². The molecule has 0 aromatic rings. The Balaban J connectivity index is 4.38. The van der Waals surface area contributed by atoms with Crippen molar-refractivity contribution >= 4 is 13.8 Å². The van der Waals surface area contributed by atoms with Crippen molar-refractivity contribution in [2.45, 2.75) is 39.6 Å². The number of methoxy groups -OCH3 is 1. The molecule has 0 heterocycles. The van der Waals surface area contributed by atoms with Crippen molar-refractivity contribution in [2.24, 2.45) is 0 Å². The molecule has 0 radical (unpaired) electrons. The Labute approximate surface area is 101 Å². The van der Waals surface area contributed by atoms with Gasteiger partial charge in [-0.05, 0) is 13.8 Å². The zero-order valence-electron chi connectivity index (χ0n) is 10.6. The van der Waals surface area contributed by atoms with Crippen LogP contribution in [0.15, 0.2) is 0 Å². The molecular weight excluding hydrogens is 251 g/mol. The molecule has 1 atom stereocenters. The molecule has 0 rings (SSSR count). The Morgan fingerprint density at radius 3 is 2.35 bits per heavy atom. The summed E-state index contributed by atoms with van der Waals surface area (Å²) in [6.45, 7) is 5.95. The lowest BCUT2D eigenvalue weighted by Crippen LogP contribution is -2.32. The first-order chi connectivity index (χ1) is 7.58. The molecule has 0 aliphatic carbocycles. The van der Waals surface area contributed by atoms with Crippen molar-refractivity contribution in [3.8, 4) is 0 Å². The van der Waals surface area contributed by atoms with Gasteiger partial charge in [0.2, 0.25) is 5.79 Å². The van der Waals surface area contributed by atoms with Crippen molar-refractivity contribution in [1.82, 2.24) is 0 Å². The molecule has 0 aliphatic rings. The lowest BCUT2D eigenvalue weighted by atomic mass is 10.4. The number of rotatable bonds is 6. The van der Waals surface area contributed by atoms with Crippen LogP contribution in [0.1, 0.15) is 27.7 Å². The number of carbonyl (C=O) groups excluding carboxylic acids is 1. The normalized spacial score (nSPS) is 15.5. The average Bonchev–Trinajstić information content (AvgIpc) is 1.96. The summed E-state index contributed by atoms with van der Waals surface area (Å²) < 4.78 is 30.2. The first kappa shape index (κ1) is 16.4. The number of carbonyl (C=O) groups is 1. The van der Waals surface area contributed by atoms with Gasteiger partial charge in [0.25, 0.3) is 0 Å². The van der Waals surface area contributed by atoms with Gasteiger partial charge in [-0.25, -0.2) is 4.79 Å². The number of ether oxygens (including phenoxy) is 3. The van der Waals surface area contributed by atoms with Crippen LogP contribution in [-0.4, -0.2) is 36.4 Å². The fourth-order valence-electron chi connectivity index (χ4n) is 0.969. The van der Waals surface area contributed by atoms with Crippen LogP contribution in [0.25, 0.3) is 0 Å². The lowest BCUT2D eigenvalue weighted by Gasteiger charge is -2.27. The molecule has 0 aromatic carbocycles. The summed E-state index contributed by atoms with van der Waals surface area (Å²) in [7, 11) is -2.70. The van der Waals surface area contributed by atoms with Gasteiger partial charge in [0.15, 0.2) is 0 Å². The first-order valence-electron chi connectivity index (χ1n) is 4.99. The summed E-state index contributed by atoms with van der Waals surface area (Å²) in [5, 5.41) is 0. The van der Waals surface area contributed by atoms with Gasteiger partial charge in [-0.15, -0.1) is 0 Å². The Hall–Kier alpha value is -0.620. The molecule has 0 aliphatic heterocycles. The minimum absolute atomic E-state index is 0.349. The summed E-state index contributed by atoms with van der Waals surface area (Å²) in [5.41, 5.74) is 0. The van der Waals surface area contributed by atoms with Gasteiger partial charge in [0.1, 0.15) is 6.35 Å². The summed E-state index contributed by atoms with van der Waals surface area (Å²) in [6.07, 6.45) is -1.81. The Bertz CT molecular complexity index is 300. The summed E-state index contributed by atoms with van der Waals surface area (Å²) >= 11 is 0. The monoisotopic (exact) mass is 270 g/mol. The minimum atomic E-state index is -3.96. The van der Waals surface area contributed by atoms with Gasteiger partial charge < -0.3 is 19.1 Å². The number of hydrogen-bond donors (Lipinski definition) is 1. The van der Waals surface area contributed by atoms with E-state index in [-0.39, 0.29) is 6.10 Å². The van der Waals surface area contributed by atoms with Gasteiger partial charge in [-0.3, -0.25) is 9.09 Å². The SMILES string of the molecule is COCP(=O)(O)OC(C)(C)OC(=O)OC(C)C. The van der Waals surface area contributed by atoms with Gasteiger partial charge >= 0.3 is 13.8 Å². The maximum absolute atomic E-state index is 11.4. The quantitative estimate of drug-likeness (QED) is 0.449. The molecule has 0 bridgehead atoms. The largest absolute Gasteiger partial charge is 0.511 e. The molecule has 102 valence electrons. The van der Waals surface area contributed by atoms with Crippen LogP contribution in [0.3, 0.4) is 0 Å². The van der Waals surface area contributed by atoms with Crippen molar-refractivity contribution in [2.75, 3.05) is 13.5 Å². The fourth-order valence-corrected chi connectivity index (χ4v) is 2.07. The van der Waals surface area contributed by atoms with Crippen LogP contribution in [0.5, 0.6) is 0 Å². The standard InChI is InChI=1S/C9H19O7P/c1-7(2)14-8(10)15-9(3,4)16-17(11,12)6-13-5/h7H,6H2,1-5H3,(H,11,12). The van der Waals surface area contributed by atoms with Crippen molar-refractivity contribution in [3.63, 3.8) is 0 Å². The highest BCUT2D eigenvalue weighted by atomic mass is 31.2. The smallest absolute Gasteiger partial charge is 0.432 e. The highest BCUT2D eigenvalue weighted by Crippen LogP contribution is 2.46. The van der Waals surface area contributed by atoms with Crippen LogP contribution in [0.4, 0.5) is 4.79 Å². The second kappa shape index (κ2) is 6.35. The highest BCUT2D eigenvalue weighted by Gasteiger charge is 2.34. The third kappa shape index (κ3) is 8.15. The molecule has 0 saturated carbocycles. The first-order valence-corrected chi connectivity index (χ1v) is 6.75. The van der Waals surface area contributed by atoms with Crippen LogP contribution in [-0.2, 0) is 23.3 Å².